The van der Waals surface area contributed by atoms with E-state index >= 15 is 0 Å². The Morgan fingerprint density at radius 2 is 2.11 bits per heavy atom. The minimum absolute atomic E-state index is 0.0968. The minimum Gasteiger partial charge on any atom is -0.397 e. The molecule has 1 aromatic rings. The highest BCUT2D eigenvalue weighted by Gasteiger charge is 2.18. The summed E-state index contributed by atoms with van der Waals surface area (Å²) in [6.07, 6.45) is 1.07. The third-order valence-electron chi connectivity index (χ3n) is 3.27. The van der Waals surface area contributed by atoms with Crippen LogP contribution < -0.4 is 10.6 Å². The molecule has 0 spiro atoms. The van der Waals surface area contributed by atoms with Crippen LogP contribution in [0.15, 0.2) is 18.2 Å². The maximum Gasteiger partial charge on any atom is 0.253 e. The van der Waals surface area contributed by atoms with Crippen molar-refractivity contribution in [3.8, 4) is 0 Å². The van der Waals surface area contributed by atoms with E-state index in [1.54, 1.807) is 6.07 Å². The van der Waals surface area contributed by atoms with Crippen molar-refractivity contribution in [3.05, 3.63) is 23.8 Å². The van der Waals surface area contributed by atoms with Crippen LogP contribution in [0.1, 0.15) is 16.8 Å². The zero-order valence-corrected chi connectivity index (χ0v) is 12.4. The molecule has 0 aliphatic carbocycles. The lowest BCUT2D eigenvalue weighted by atomic mass is 10.1. The SMILES string of the molecule is CN(C)c1ccc(C(=O)N2CCCSCC2)cc1N. The third-order valence-corrected chi connectivity index (χ3v) is 4.31. The number of carbonyl (C=O) groups is 1. The van der Waals surface area contributed by atoms with Gasteiger partial charge in [-0.25, -0.2) is 0 Å². The first-order valence-electron chi connectivity index (χ1n) is 6.53. The normalized spacial score (nSPS) is 16.0. The number of rotatable bonds is 2. The van der Waals surface area contributed by atoms with Crippen LogP contribution in [0.2, 0.25) is 0 Å². The number of hydrogen-bond donors (Lipinski definition) is 1. The summed E-state index contributed by atoms with van der Waals surface area (Å²) >= 11 is 1.92. The van der Waals surface area contributed by atoms with Gasteiger partial charge >= 0.3 is 0 Å². The second kappa shape index (κ2) is 6.19. The average molecular weight is 279 g/mol. The van der Waals surface area contributed by atoms with E-state index < -0.39 is 0 Å². The van der Waals surface area contributed by atoms with Gasteiger partial charge in [-0.2, -0.15) is 11.8 Å². The van der Waals surface area contributed by atoms with E-state index in [0.29, 0.717) is 11.3 Å². The molecule has 2 rings (SSSR count). The molecule has 0 aromatic heterocycles. The second-order valence-corrected chi connectivity index (χ2v) is 6.15. The molecule has 1 fully saturated rings. The predicted molar refractivity (Wildman–Crippen MR) is 83.0 cm³/mol. The molecule has 0 saturated carbocycles. The lowest BCUT2D eigenvalue weighted by Crippen LogP contribution is -2.33. The fourth-order valence-electron chi connectivity index (χ4n) is 2.23. The van der Waals surface area contributed by atoms with Crippen molar-refractivity contribution in [2.75, 3.05) is 49.3 Å². The first kappa shape index (κ1) is 14.1. The second-order valence-electron chi connectivity index (χ2n) is 4.93. The van der Waals surface area contributed by atoms with E-state index in [2.05, 4.69) is 0 Å². The summed E-state index contributed by atoms with van der Waals surface area (Å²) in [7, 11) is 3.89. The lowest BCUT2D eigenvalue weighted by molar-refractivity contribution is 0.0768. The van der Waals surface area contributed by atoms with Gasteiger partial charge in [0.1, 0.15) is 0 Å². The molecule has 0 bridgehead atoms. The molecule has 0 radical (unpaired) electrons. The van der Waals surface area contributed by atoms with Gasteiger partial charge in [-0.05, 0) is 30.4 Å². The molecule has 1 amide bonds. The fourth-order valence-corrected chi connectivity index (χ4v) is 3.11. The number of carbonyl (C=O) groups excluding carboxylic acids is 1. The Hall–Kier alpha value is -1.36. The standard InChI is InChI=1S/C14H21N3OS/c1-16(2)13-5-4-11(10-12(13)15)14(18)17-6-3-8-19-9-7-17/h4-5,10H,3,6-9,15H2,1-2H3. The predicted octanol–water partition coefficient (Wildman–Crippen LogP) is 1.91. The number of nitrogens with two attached hydrogens (primary N) is 1. The molecule has 1 aromatic carbocycles. The quantitative estimate of drug-likeness (QED) is 0.840. The molecule has 5 heteroatoms. The summed E-state index contributed by atoms with van der Waals surface area (Å²) in [6, 6.07) is 5.57. The number of amides is 1. The van der Waals surface area contributed by atoms with E-state index in [-0.39, 0.29) is 5.91 Å². The van der Waals surface area contributed by atoms with Gasteiger partial charge in [-0.1, -0.05) is 0 Å². The van der Waals surface area contributed by atoms with Gasteiger partial charge in [0, 0.05) is 38.5 Å². The smallest absolute Gasteiger partial charge is 0.253 e. The maximum absolute atomic E-state index is 12.4. The van der Waals surface area contributed by atoms with Crippen molar-refractivity contribution in [3.63, 3.8) is 0 Å². The van der Waals surface area contributed by atoms with E-state index in [0.717, 1.165) is 36.7 Å². The van der Waals surface area contributed by atoms with Crippen LogP contribution in [0.4, 0.5) is 11.4 Å². The van der Waals surface area contributed by atoms with Crippen molar-refractivity contribution in [1.82, 2.24) is 4.90 Å². The van der Waals surface area contributed by atoms with Gasteiger partial charge in [-0.3, -0.25) is 4.79 Å². The fraction of sp³-hybridized carbons (Fsp3) is 0.500. The minimum atomic E-state index is 0.0968. The third kappa shape index (κ3) is 3.35. The first-order chi connectivity index (χ1) is 9.09. The summed E-state index contributed by atoms with van der Waals surface area (Å²) in [5, 5.41) is 0. The van der Waals surface area contributed by atoms with E-state index in [9.17, 15) is 4.79 Å². The van der Waals surface area contributed by atoms with Crippen LogP contribution in [0, 0.1) is 0 Å². The monoisotopic (exact) mass is 279 g/mol. The van der Waals surface area contributed by atoms with Gasteiger partial charge in [-0.15, -0.1) is 0 Å². The number of hydrogen-bond acceptors (Lipinski definition) is 4. The number of benzene rings is 1. The average Bonchev–Trinajstić information content (AvgIpc) is 2.66. The maximum atomic E-state index is 12.4. The molecular weight excluding hydrogens is 258 g/mol. The summed E-state index contributed by atoms with van der Waals surface area (Å²) in [4.78, 5) is 16.3. The van der Waals surface area contributed by atoms with Crippen molar-refractivity contribution in [2.45, 2.75) is 6.42 Å². The number of nitrogen functional groups attached to an aromatic ring is 1. The number of nitrogens with zero attached hydrogens (tertiary/aromatic N) is 2. The molecule has 0 atom stereocenters. The van der Waals surface area contributed by atoms with Crippen LogP contribution in [0.3, 0.4) is 0 Å². The highest BCUT2D eigenvalue weighted by molar-refractivity contribution is 7.99. The zero-order valence-electron chi connectivity index (χ0n) is 11.6. The van der Waals surface area contributed by atoms with E-state index in [4.69, 9.17) is 5.73 Å². The molecular formula is C14H21N3OS. The molecule has 0 unspecified atom stereocenters. The summed E-state index contributed by atoms with van der Waals surface area (Å²) in [6.45, 7) is 1.68. The number of anilines is 2. The number of thioether (sulfide) groups is 1. The van der Waals surface area contributed by atoms with Crippen LogP contribution in [0.5, 0.6) is 0 Å². The van der Waals surface area contributed by atoms with Crippen LogP contribution in [-0.2, 0) is 0 Å². The van der Waals surface area contributed by atoms with Crippen molar-refractivity contribution in [2.24, 2.45) is 0 Å². The van der Waals surface area contributed by atoms with Crippen LogP contribution in [-0.4, -0.2) is 49.5 Å². The molecule has 1 saturated heterocycles. The summed E-state index contributed by atoms with van der Waals surface area (Å²) in [5.41, 5.74) is 8.29. The van der Waals surface area contributed by atoms with Gasteiger partial charge in [0.25, 0.3) is 5.91 Å². The Kier molecular flexibility index (Phi) is 4.58. The van der Waals surface area contributed by atoms with Gasteiger partial charge in [0.05, 0.1) is 11.4 Å². The van der Waals surface area contributed by atoms with E-state index in [1.807, 2.05) is 47.8 Å². The molecule has 1 aliphatic rings. The van der Waals surface area contributed by atoms with Crippen LogP contribution >= 0.6 is 11.8 Å². The molecule has 1 heterocycles. The summed E-state index contributed by atoms with van der Waals surface area (Å²) in [5.74, 6) is 2.27. The van der Waals surface area contributed by atoms with Crippen molar-refractivity contribution < 1.29 is 4.79 Å². The highest BCUT2D eigenvalue weighted by atomic mass is 32.2. The lowest BCUT2D eigenvalue weighted by Gasteiger charge is -2.21. The Morgan fingerprint density at radius 3 is 2.79 bits per heavy atom. The molecule has 1 aliphatic heterocycles. The zero-order chi connectivity index (χ0) is 13.8. The molecule has 104 valence electrons. The summed E-state index contributed by atoms with van der Waals surface area (Å²) < 4.78 is 0. The Bertz CT molecular complexity index is 454. The topological polar surface area (TPSA) is 49.6 Å². The molecule has 19 heavy (non-hydrogen) atoms. The Labute approximate surface area is 118 Å². The van der Waals surface area contributed by atoms with Crippen molar-refractivity contribution in [1.29, 1.82) is 0 Å². The van der Waals surface area contributed by atoms with Crippen LogP contribution in [0.25, 0.3) is 0 Å². The van der Waals surface area contributed by atoms with Gasteiger partial charge in [0.15, 0.2) is 0 Å². The molecule has 4 nitrogen and oxygen atoms in total. The van der Waals surface area contributed by atoms with Gasteiger partial charge in [0.2, 0.25) is 0 Å². The highest BCUT2D eigenvalue weighted by Crippen LogP contribution is 2.23. The first-order valence-corrected chi connectivity index (χ1v) is 7.69. The Balaban J connectivity index is 2.16. The van der Waals surface area contributed by atoms with Gasteiger partial charge < -0.3 is 15.5 Å². The molecule has 2 N–H and O–H groups in total. The Morgan fingerprint density at radius 1 is 1.32 bits per heavy atom. The van der Waals surface area contributed by atoms with E-state index in [1.165, 1.54) is 0 Å². The van der Waals surface area contributed by atoms with Crippen molar-refractivity contribution >= 4 is 29.0 Å². The largest absolute Gasteiger partial charge is 0.397 e.